The number of carbonyl (C=O) groups is 2. The highest BCUT2D eigenvalue weighted by molar-refractivity contribution is 7.98. The SMILES string of the molecule is CSc1cccc(C(=O)c2ccccc2C(=O)O)c1. The van der Waals surface area contributed by atoms with E-state index < -0.39 is 5.97 Å². The lowest BCUT2D eigenvalue weighted by atomic mass is 9.98. The maximum Gasteiger partial charge on any atom is 0.336 e. The van der Waals surface area contributed by atoms with E-state index in [4.69, 9.17) is 5.11 Å². The summed E-state index contributed by atoms with van der Waals surface area (Å²) in [4.78, 5) is 24.5. The van der Waals surface area contributed by atoms with E-state index in [1.54, 1.807) is 30.3 Å². The Morgan fingerprint density at radius 3 is 2.32 bits per heavy atom. The number of carbonyl (C=O) groups excluding carboxylic acids is 1. The average molecular weight is 272 g/mol. The minimum atomic E-state index is -1.09. The van der Waals surface area contributed by atoms with E-state index in [1.807, 2.05) is 12.3 Å². The van der Waals surface area contributed by atoms with Crippen LogP contribution in [0.15, 0.2) is 53.4 Å². The summed E-state index contributed by atoms with van der Waals surface area (Å²) in [5.41, 5.74) is 0.746. The van der Waals surface area contributed by atoms with E-state index in [0.717, 1.165) is 4.90 Å². The van der Waals surface area contributed by atoms with Gasteiger partial charge in [0, 0.05) is 16.0 Å². The quantitative estimate of drug-likeness (QED) is 0.685. The molecule has 19 heavy (non-hydrogen) atoms. The van der Waals surface area contributed by atoms with E-state index in [9.17, 15) is 9.59 Å². The first kappa shape index (κ1) is 13.4. The topological polar surface area (TPSA) is 54.4 Å². The molecule has 0 unspecified atom stereocenters. The zero-order valence-electron chi connectivity index (χ0n) is 10.3. The van der Waals surface area contributed by atoms with Gasteiger partial charge in [0.1, 0.15) is 0 Å². The molecule has 0 saturated carbocycles. The fraction of sp³-hybridized carbons (Fsp3) is 0.0667. The summed E-state index contributed by atoms with van der Waals surface area (Å²) < 4.78 is 0. The Morgan fingerprint density at radius 2 is 1.68 bits per heavy atom. The molecule has 0 aliphatic carbocycles. The molecule has 0 aromatic heterocycles. The molecule has 0 aliphatic heterocycles. The van der Waals surface area contributed by atoms with Crippen molar-refractivity contribution in [3.8, 4) is 0 Å². The van der Waals surface area contributed by atoms with E-state index in [-0.39, 0.29) is 16.9 Å². The molecule has 4 heteroatoms. The molecule has 2 aromatic carbocycles. The highest BCUT2D eigenvalue weighted by Gasteiger charge is 2.17. The molecule has 2 aromatic rings. The van der Waals surface area contributed by atoms with Crippen LogP contribution in [-0.2, 0) is 0 Å². The van der Waals surface area contributed by atoms with Gasteiger partial charge in [-0.1, -0.05) is 30.3 Å². The zero-order chi connectivity index (χ0) is 13.8. The third-order valence-electron chi connectivity index (χ3n) is 2.73. The standard InChI is InChI=1S/C15H12O3S/c1-19-11-6-4-5-10(9-11)14(16)12-7-2-3-8-13(12)15(17)18/h2-9H,1H3,(H,17,18). The number of rotatable bonds is 4. The van der Waals surface area contributed by atoms with Crippen LogP contribution in [0.3, 0.4) is 0 Å². The Bertz CT molecular complexity index is 635. The summed E-state index contributed by atoms with van der Waals surface area (Å²) in [6.45, 7) is 0. The largest absolute Gasteiger partial charge is 0.478 e. The maximum absolute atomic E-state index is 12.4. The molecule has 0 radical (unpaired) electrons. The van der Waals surface area contributed by atoms with Crippen molar-refractivity contribution in [2.45, 2.75) is 4.90 Å². The van der Waals surface area contributed by atoms with Crippen LogP contribution in [0.5, 0.6) is 0 Å². The van der Waals surface area contributed by atoms with Crippen molar-refractivity contribution >= 4 is 23.5 Å². The molecular formula is C15H12O3S. The van der Waals surface area contributed by atoms with Gasteiger partial charge in [0.05, 0.1) is 5.56 Å². The number of benzene rings is 2. The van der Waals surface area contributed by atoms with Crippen molar-refractivity contribution in [3.63, 3.8) is 0 Å². The Hall–Kier alpha value is -2.07. The smallest absolute Gasteiger partial charge is 0.336 e. The van der Waals surface area contributed by atoms with Crippen LogP contribution < -0.4 is 0 Å². The van der Waals surface area contributed by atoms with Crippen molar-refractivity contribution in [1.29, 1.82) is 0 Å². The monoisotopic (exact) mass is 272 g/mol. The normalized spacial score (nSPS) is 10.2. The first-order valence-corrected chi connectivity index (χ1v) is 6.87. The van der Waals surface area contributed by atoms with Crippen LogP contribution in [0.1, 0.15) is 26.3 Å². The van der Waals surface area contributed by atoms with Gasteiger partial charge < -0.3 is 5.11 Å². The van der Waals surface area contributed by atoms with Gasteiger partial charge in [-0.25, -0.2) is 4.79 Å². The van der Waals surface area contributed by atoms with Crippen LogP contribution in [0.2, 0.25) is 0 Å². The molecule has 0 bridgehead atoms. The van der Waals surface area contributed by atoms with Crippen molar-refractivity contribution in [3.05, 3.63) is 65.2 Å². The molecule has 96 valence electrons. The molecule has 0 atom stereocenters. The minimum Gasteiger partial charge on any atom is -0.478 e. The van der Waals surface area contributed by atoms with Gasteiger partial charge in [-0.2, -0.15) is 0 Å². The summed E-state index contributed by atoms with van der Waals surface area (Å²) in [6, 6.07) is 13.4. The fourth-order valence-electron chi connectivity index (χ4n) is 1.79. The number of aromatic carboxylic acids is 1. The Balaban J connectivity index is 2.47. The number of hydrogen-bond donors (Lipinski definition) is 1. The Labute approximate surface area is 115 Å². The highest BCUT2D eigenvalue weighted by Crippen LogP contribution is 2.20. The first-order valence-electron chi connectivity index (χ1n) is 5.64. The van der Waals surface area contributed by atoms with Crippen LogP contribution in [0, 0.1) is 0 Å². The van der Waals surface area contributed by atoms with Crippen LogP contribution in [0.25, 0.3) is 0 Å². The third-order valence-corrected chi connectivity index (χ3v) is 3.46. The second-order valence-corrected chi connectivity index (χ2v) is 4.79. The second-order valence-electron chi connectivity index (χ2n) is 3.91. The lowest BCUT2D eigenvalue weighted by Crippen LogP contribution is -2.09. The fourth-order valence-corrected chi connectivity index (χ4v) is 2.25. The predicted molar refractivity (Wildman–Crippen MR) is 75.1 cm³/mol. The molecule has 0 spiro atoms. The predicted octanol–water partition coefficient (Wildman–Crippen LogP) is 3.34. The lowest BCUT2D eigenvalue weighted by molar-refractivity contribution is 0.0693. The van der Waals surface area contributed by atoms with Gasteiger partial charge in [-0.05, 0) is 24.5 Å². The lowest BCUT2D eigenvalue weighted by Gasteiger charge is -2.06. The van der Waals surface area contributed by atoms with Crippen molar-refractivity contribution < 1.29 is 14.7 Å². The van der Waals surface area contributed by atoms with Gasteiger partial charge in [-0.3, -0.25) is 4.79 Å². The first-order chi connectivity index (χ1) is 9.13. The van der Waals surface area contributed by atoms with Gasteiger partial charge >= 0.3 is 5.97 Å². The molecule has 0 heterocycles. The number of ketones is 1. The number of thioether (sulfide) groups is 1. The van der Waals surface area contributed by atoms with Gasteiger partial charge in [-0.15, -0.1) is 11.8 Å². The van der Waals surface area contributed by atoms with E-state index in [2.05, 4.69) is 0 Å². The van der Waals surface area contributed by atoms with Crippen molar-refractivity contribution in [2.75, 3.05) is 6.26 Å². The van der Waals surface area contributed by atoms with E-state index in [1.165, 1.54) is 23.9 Å². The molecule has 0 amide bonds. The zero-order valence-corrected chi connectivity index (χ0v) is 11.1. The number of hydrogen-bond acceptors (Lipinski definition) is 3. The molecule has 0 aliphatic rings. The van der Waals surface area contributed by atoms with Crippen LogP contribution in [0.4, 0.5) is 0 Å². The van der Waals surface area contributed by atoms with Crippen LogP contribution >= 0.6 is 11.8 Å². The van der Waals surface area contributed by atoms with Crippen LogP contribution in [-0.4, -0.2) is 23.1 Å². The van der Waals surface area contributed by atoms with Crippen molar-refractivity contribution in [2.24, 2.45) is 0 Å². The molecule has 0 saturated heterocycles. The molecule has 2 rings (SSSR count). The Morgan fingerprint density at radius 1 is 1.00 bits per heavy atom. The molecule has 0 fully saturated rings. The number of carboxylic acids is 1. The van der Waals surface area contributed by atoms with Crippen molar-refractivity contribution in [1.82, 2.24) is 0 Å². The number of carboxylic acid groups (broad SMARTS) is 1. The molecule has 3 nitrogen and oxygen atoms in total. The summed E-state index contributed by atoms with van der Waals surface area (Å²) in [5.74, 6) is -1.36. The van der Waals surface area contributed by atoms with Gasteiger partial charge in [0.15, 0.2) is 5.78 Å². The second kappa shape index (κ2) is 5.71. The van der Waals surface area contributed by atoms with Gasteiger partial charge in [0.25, 0.3) is 0 Å². The Kier molecular flexibility index (Phi) is 4.02. The summed E-state index contributed by atoms with van der Waals surface area (Å²) in [6.07, 6.45) is 1.93. The average Bonchev–Trinajstić information content (AvgIpc) is 2.46. The van der Waals surface area contributed by atoms with Gasteiger partial charge in [0.2, 0.25) is 0 Å². The molecular weight excluding hydrogens is 260 g/mol. The maximum atomic E-state index is 12.4. The van der Waals surface area contributed by atoms with E-state index >= 15 is 0 Å². The van der Waals surface area contributed by atoms with E-state index in [0.29, 0.717) is 5.56 Å². The minimum absolute atomic E-state index is 0.0297. The summed E-state index contributed by atoms with van der Waals surface area (Å²) >= 11 is 1.54. The third kappa shape index (κ3) is 2.85. The molecule has 1 N–H and O–H groups in total. The summed E-state index contributed by atoms with van der Waals surface area (Å²) in [5, 5.41) is 9.11. The summed E-state index contributed by atoms with van der Waals surface area (Å²) in [7, 11) is 0. The highest BCUT2D eigenvalue weighted by atomic mass is 32.2.